The van der Waals surface area contributed by atoms with Crippen LogP contribution >= 0.6 is 23.6 Å². The lowest BCUT2D eigenvalue weighted by Crippen LogP contribution is -2.37. The number of aryl methyl sites for hydroxylation is 1. The molecule has 0 radical (unpaired) electrons. The maximum atomic E-state index is 12.3. The van der Waals surface area contributed by atoms with Crippen LogP contribution < -0.4 is 10.6 Å². The molecule has 1 aromatic rings. The van der Waals surface area contributed by atoms with E-state index in [1.54, 1.807) is 6.92 Å². The molecule has 1 heterocycles. The minimum Gasteiger partial charge on any atom is -0.462 e. The van der Waals surface area contributed by atoms with Crippen molar-refractivity contribution in [3.05, 3.63) is 16.0 Å². The highest BCUT2D eigenvalue weighted by molar-refractivity contribution is 7.80. The Morgan fingerprint density at radius 2 is 2.00 bits per heavy atom. The Morgan fingerprint density at radius 1 is 1.25 bits per heavy atom. The van der Waals surface area contributed by atoms with Crippen molar-refractivity contribution in [2.24, 2.45) is 5.92 Å². The predicted octanol–water partition coefficient (Wildman–Crippen LogP) is 3.42. The van der Waals surface area contributed by atoms with Crippen molar-refractivity contribution in [2.75, 3.05) is 11.9 Å². The first-order chi connectivity index (χ1) is 11.6. The monoisotopic (exact) mass is 366 g/mol. The molecule has 0 atom stereocenters. The number of amides is 1. The summed E-state index contributed by atoms with van der Waals surface area (Å²) in [5.41, 5.74) is 1.66. The van der Waals surface area contributed by atoms with E-state index in [1.165, 1.54) is 16.2 Å². The Balaban J connectivity index is 1.71. The Morgan fingerprint density at radius 3 is 2.71 bits per heavy atom. The average Bonchev–Trinajstić information content (AvgIpc) is 3.23. The first-order valence-electron chi connectivity index (χ1n) is 8.53. The van der Waals surface area contributed by atoms with Gasteiger partial charge in [0, 0.05) is 10.8 Å². The van der Waals surface area contributed by atoms with Crippen LogP contribution in [0.4, 0.5) is 5.00 Å². The van der Waals surface area contributed by atoms with Crippen LogP contribution in [-0.4, -0.2) is 23.6 Å². The van der Waals surface area contributed by atoms with Crippen molar-refractivity contribution in [3.8, 4) is 0 Å². The van der Waals surface area contributed by atoms with Crippen LogP contribution in [0.3, 0.4) is 0 Å². The van der Waals surface area contributed by atoms with Gasteiger partial charge in [-0.1, -0.05) is 12.8 Å². The van der Waals surface area contributed by atoms with Gasteiger partial charge in [0.15, 0.2) is 5.11 Å². The van der Waals surface area contributed by atoms with Gasteiger partial charge < -0.3 is 15.4 Å². The van der Waals surface area contributed by atoms with Gasteiger partial charge >= 0.3 is 5.97 Å². The van der Waals surface area contributed by atoms with Crippen LogP contribution in [0, 0.1) is 5.92 Å². The molecule has 0 aromatic carbocycles. The average molecular weight is 367 g/mol. The molecule has 0 unspecified atom stereocenters. The van der Waals surface area contributed by atoms with Gasteiger partial charge in [0.1, 0.15) is 5.00 Å². The van der Waals surface area contributed by atoms with E-state index in [4.69, 9.17) is 17.0 Å². The van der Waals surface area contributed by atoms with Gasteiger partial charge in [0.25, 0.3) is 0 Å². The third-order valence-electron chi connectivity index (χ3n) is 4.59. The number of fused-ring (bicyclic) bond motifs is 1. The van der Waals surface area contributed by atoms with Crippen LogP contribution in [0.1, 0.15) is 59.8 Å². The first kappa shape index (κ1) is 17.4. The highest BCUT2D eigenvalue weighted by Crippen LogP contribution is 2.39. The van der Waals surface area contributed by atoms with Gasteiger partial charge in [0.05, 0.1) is 12.2 Å². The van der Waals surface area contributed by atoms with Crippen LogP contribution in [0.15, 0.2) is 0 Å². The largest absolute Gasteiger partial charge is 0.462 e. The SMILES string of the molecule is CCOC(=O)c1c(NC(=S)NC(=O)C2CCCC2)sc2c1CCC2. The number of hydrogen-bond donors (Lipinski definition) is 2. The Kier molecular flexibility index (Phi) is 5.50. The smallest absolute Gasteiger partial charge is 0.341 e. The van der Waals surface area contributed by atoms with Crippen molar-refractivity contribution in [3.63, 3.8) is 0 Å². The second-order valence-corrected chi connectivity index (χ2v) is 7.72. The molecule has 130 valence electrons. The lowest BCUT2D eigenvalue weighted by molar-refractivity contribution is -0.123. The van der Waals surface area contributed by atoms with Crippen molar-refractivity contribution in [1.29, 1.82) is 0 Å². The van der Waals surface area contributed by atoms with Gasteiger partial charge in [-0.2, -0.15) is 0 Å². The molecule has 2 aliphatic carbocycles. The molecule has 1 aromatic heterocycles. The number of thiocarbonyl (C=S) groups is 1. The highest BCUT2D eigenvalue weighted by atomic mass is 32.1. The van der Waals surface area contributed by atoms with Crippen molar-refractivity contribution in [2.45, 2.75) is 51.9 Å². The number of nitrogens with one attached hydrogen (secondary N) is 2. The second kappa shape index (κ2) is 7.61. The molecule has 2 aliphatic rings. The van der Waals surface area contributed by atoms with Crippen molar-refractivity contribution >= 4 is 45.5 Å². The second-order valence-electron chi connectivity index (χ2n) is 6.21. The molecule has 3 rings (SSSR count). The number of ether oxygens (including phenoxy) is 1. The molecule has 5 nitrogen and oxygen atoms in total. The minimum absolute atomic E-state index is 0.0215. The van der Waals surface area contributed by atoms with Crippen LogP contribution in [-0.2, 0) is 22.4 Å². The van der Waals surface area contributed by atoms with Gasteiger partial charge in [-0.3, -0.25) is 4.79 Å². The lowest BCUT2D eigenvalue weighted by Gasteiger charge is -2.13. The summed E-state index contributed by atoms with van der Waals surface area (Å²) in [6.07, 6.45) is 6.99. The zero-order valence-corrected chi connectivity index (χ0v) is 15.4. The number of thiophene rings is 1. The van der Waals surface area contributed by atoms with E-state index >= 15 is 0 Å². The van der Waals surface area contributed by atoms with Crippen molar-refractivity contribution < 1.29 is 14.3 Å². The Hall–Kier alpha value is -1.47. The highest BCUT2D eigenvalue weighted by Gasteiger charge is 2.28. The standard InChI is InChI=1S/C17H22N2O3S2/c1-2-22-16(21)13-11-8-5-9-12(11)24-15(13)19-17(23)18-14(20)10-6-3-4-7-10/h10H,2-9H2,1H3,(H2,18,19,20,23). The van der Waals surface area contributed by atoms with Gasteiger partial charge in [-0.15, -0.1) is 11.3 Å². The quantitative estimate of drug-likeness (QED) is 0.631. The summed E-state index contributed by atoms with van der Waals surface area (Å²) in [7, 11) is 0. The molecular weight excluding hydrogens is 344 g/mol. The van der Waals surface area contributed by atoms with Crippen molar-refractivity contribution in [1.82, 2.24) is 5.32 Å². The summed E-state index contributed by atoms with van der Waals surface area (Å²) >= 11 is 6.82. The fourth-order valence-electron chi connectivity index (χ4n) is 3.45. The first-order valence-corrected chi connectivity index (χ1v) is 9.76. The van der Waals surface area contributed by atoms with E-state index in [9.17, 15) is 9.59 Å². The topological polar surface area (TPSA) is 67.4 Å². The summed E-state index contributed by atoms with van der Waals surface area (Å²) in [5, 5.41) is 6.77. The molecule has 0 saturated heterocycles. The summed E-state index contributed by atoms with van der Waals surface area (Å²) < 4.78 is 5.19. The maximum Gasteiger partial charge on any atom is 0.341 e. The fourth-order valence-corrected chi connectivity index (χ4v) is 5.00. The lowest BCUT2D eigenvalue weighted by atomic mass is 10.1. The summed E-state index contributed by atoms with van der Waals surface area (Å²) in [6, 6.07) is 0. The molecule has 1 amide bonds. The van der Waals surface area contributed by atoms with E-state index in [0.29, 0.717) is 17.2 Å². The summed E-state index contributed by atoms with van der Waals surface area (Å²) in [6.45, 7) is 2.13. The zero-order valence-electron chi connectivity index (χ0n) is 13.8. The molecule has 1 saturated carbocycles. The van der Waals surface area contributed by atoms with E-state index < -0.39 is 0 Å². The molecule has 24 heavy (non-hydrogen) atoms. The number of anilines is 1. The van der Waals surface area contributed by atoms with Gasteiger partial charge in [-0.25, -0.2) is 4.79 Å². The fraction of sp³-hybridized carbons (Fsp3) is 0.588. The zero-order chi connectivity index (χ0) is 17.1. The molecule has 0 spiro atoms. The van der Waals surface area contributed by atoms with Crippen LogP contribution in [0.25, 0.3) is 0 Å². The Bertz CT molecular complexity index is 663. The molecule has 0 aliphatic heterocycles. The van der Waals surface area contributed by atoms with E-state index in [1.807, 2.05) is 0 Å². The Labute approximate surface area is 151 Å². The number of carbonyl (C=O) groups excluding carboxylic acids is 2. The predicted molar refractivity (Wildman–Crippen MR) is 98.6 cm³/mol. The molecular formula is C17H22N2O3S2. The number of hydrogen-bond acceptors (Lipinski definition) is 5. The van der Waals surface area contributed by atoms with E-state index in [2.05, 4.69) is 10.6 Å². The minimum atomic E-state index is -0.315. The third kappa shape index (κ3) is 3.62. The van der Waals surface area contributed by atoms with E-state index in [0.717, 1.165) is 50.5 Å². The maximum absolute atomic E-state index is 12.3. The normalized spacial score (nSPS) is 16.7. The van der Waals surface area contributed by atoms with Gasteiger partial charge in [-0.05, 0) is 56.8 Å². The molecule has 2 N–H and O–H groups in total. The third-order valence-corrected chi connectivity index (χ3v) is 6.00. The summed E-state index contributed by atoms with van der Waals surface area (Å²) in [4.78, 5) is 25.7. The number of esters is 1. The number of carbonyl (C=O) groups is 2. The van der Waals surface area contributed by atoms with Crippen LogP contribution in [0.2, 0.25) is 0 Å². The number of rotatable bonds is 4. The van der Waals surface area contributed by atoms with Crippen LogP contribution in [0.5, 0.6) is 0 Å². The molecule has 7 heteroatoms. The van der Waals surface area contributed by atoms with Gasteiger partial charge in [0.2, 0.25) is 5.91 Å². The summed E-state index contributed by atoms with van der Waals surface area (Å²) in [5.74, 6) is -0.279. The van der Waals surface area contributed by atoms with E-state index in [-0.39, 0.29) is 22.9 Å². The molecule has 0 bridgehead atoms. The molecule has 1 fully saturated rings.